The van der Waals surface area contributed by atoms with Gasteiger partial charge in [-0.3, -0.25) is 0 Å². The van der Waals surface area contributed by atoms with E-state index in [1.807, 2.05) is 42.5 Å². The van der Waals surface area contributed by atoms with Crippen LogP contribution in [0.15, 0.2) is 48.5 Å². The van der Waals surface area contributed by atoms with Crippen LogP contribution in [0.4, 0.5) is 0 Å². The maximum absolute atomic E-state index is 10.1. The molecule has 2 aromatic carbocycles. The summed E-state index contributed by atoms with van der Waals surface area (Å²) in [5.41, 5.74) is 8.22. The number of hydrogen-bond acceptors (Lipinski definition) is 3. The molecule has 4 N–H and O–H groups in total. The Bertz CT molecular complexity index is 613. The van der Waals surface area contributed by atoms with Crippen molar-refractivity contribution in [2.75, 3.05) is 13.1 Å². The summed E-state index contributed by atoms with van der Waals surface area (Å²) in [6.07, 6.45) is 0.847. The van der Waals surface area contributed by atoms with Crippen LogP contribution < -0.4 is 11.1 Å². The van der Waals surface area contributed by atoms with Gasteiger partial charge in [0.05, 0.1) is 6.10 Å². The molecule has 0 saturated heterocycles. The second-order valence-corrected chi connectivity index (χ2v) is 6.45. The first kappa shape index (κ1) is 24.5. The van der Waals surface area contributed by atoms with Crippen molar-refractivity contribution in [1.29, 1.82) is 0 Å². The molecular weight excluding hydrogens is 402 g/mol. The highest BCUT2D eigenvalue weighted by Gasteiger charge is 2.14. The van der Waals surface area contributed by atoms with Gasteiger partial charge < -0.3 is 16.2 Å². The Hall–Kier alpha value is -0.520. The van der Waals surface area contributed by atoms with Gasteiger partial charge in [0.2, 0.25) is 0 Å². The van der Waals surface area contributed by atoms with Gasteiger partial charge in [0.15, 0.2) is 0 Å². The molecule has 0 heterocycles. The van der Waals surface area contributed by atoms with E-state index in [0.29, 0.717) is 23.0 Å². The minimum absolute atomic E-state index is 0. The van der Waals surface area contributed by atoms with Gasteiger partial charge >= 0.3 is 0 Å². The molecule has 0 aliphatic heterocycles. The van der Waals surface area contributed by atoms with Crippen LogP contribution in [0, 0.1) is 0 Å². The summed E-state index contributed by atoms with van der Waals surface area (Å²) in [4.78, 5) is 0. The van der Waals surface area contributed by atoms with E-state index in [0.717, 1.165) is 24.1 Å². The van der Waals surface area contributed by atoms with Gasteiger partial charge in [-0.05, 0) is 42.6 Å². The highest BCUT2D eigenvalue weighted by molar-refractivity contribution is 6.35. The fourth-order valence-electron chi connectivity index (χ4n) is 2.37. The minimum atomic E-state index is -0.587. The lowest BCUT2D eigenvalue weighted by molar-refractivity contribution is 0.142. The predicted molar refractivity (Wildman–Crippen MR) is 112 cm³/mol. The van der Waals surface area contributed by atoms with E-state index in [4.69, 9.17) is 28.9 Å². The molecule has 0 aliphatic rings. The van der Waals surface area contributed by atoms with Gasteiger partial charge in [0.25, 0.3) is 0 Å². The summed E-state index contributed by atoms with van der Waals surface area (Å²) >= 11 is 12.0. The third-order valence-corrected chi connectivity index (χ3v) is 4.34. The number of nitrogens with one attached hydrogen (secondary N) is 1. The van der Waals surface area contributed by atoms with Gasteiger partial charge in [0, 0.05) is 22.6 Å². The predicted octanol–water partition coefficient (Wildman–Crippen LogP) is 3.90. The number of hydrogen-bond donors (Lipinski definition) is 3. The summed E-state index contributed by atoms with van der Waals surface area (Å²) in [7, 11) is 0. The van der Waals surface area contributed by atoms with E-state index in [9.17, 15) is 5.11 Å². The topological polar surface area (TPSA) is 58.3 Å². The van der Waals surface area contributed by atoms with E-state index in [2.05, 4.69) is 5.32 Å². The third kappa shape index (κ3) is 8.61. The van der Waals surface area contributed by atoms with Crippen molar-refractivity contribution in [3.05, 3.63) is 69.7 Å². The molecule has 2 atom stereocenters. The van der Waals surface area contributed by atoms with Crippen molar-refractivity contribution in [2.24, 2.45) is 5.73 Å². The molecular formula is C18H24Cl4N2O. The van der Waals surface area contributed by atoms with E-state index in [1.54, 1.807) is 6.07 Å². The Labute approximate surface area is 171 Å². The van der Waals surface area contributed by atoms with Crippen LogP contribution in [0.25, 0.3) is 0 Å². The molecule has 7 heteroatoms. The first-order valence-corrected chi connectivity index (χ1v) is 8.44. The van der Waals surface area contributed by atoms with Crippen molar-refractivity contribution >= 4 is 48.0 Å². The summed E-state index contributed by atoms with van der Waals surface area (Å²) in [5.74, 6) is 0. The van der Waals surface area contributed by atoms with Gasteiger partial charge in [0.1, 0.15) is 0 Å². The molecule has 2 aromatic rings. The summed E-state index contributed by atoms with van der Waals surface area (Å²) in [6.45, 7) is 1.18. The van der Waals surface area contributed by atoms with Crippen LogP contribution in [-0.4, -0.2) is 30.3 Å². The molecule has 2 rings (SSSR count). The molecule has 25 heavy (non-hydrogen) atoms. The maximum atomic E-state index is 10.1. The zero-order valence-electron chi connectivity index (χ0n) is 13.7. The second-order valence-electron chi connectivity index (χ2n) is 5.61. The van der Waals surface area contributed by atoms with E-state index in [-0.39, 0.29) is 30.9 Å². The van der Waals surface area contributed by atoms with E-state index < -0.39 is 6.10 Å². The highest BCUT2D eigenvalue weighted by Crippen LogP contribution is 2.21. The zero-order chi connectivity index (χ0) is 16.7. The smallest absolute Gasteiger partial charge is 0.0818 e. The van der Waals surface area contributed by atoms with E-state index in [1.165, 1.54) is 0 Å². The molecule has 0 aliphatic carbocycles. The fraction of sp³-hybridized carbons (Fsp3) is 0.333. The Morgan fingerprint density at radius 2 is 1.72 bits per heavy atom. The zero-order valence-corrected chi connectivity index (χ0v) is 16.8. The first-order chi connectivity index (χ1) is 11.1. The van der Waals surface area contributed by atoms with Crippen molar-refractivity contribution in [2.45, 2.75) is 25.0 Å². The van der Waals surface area contributed by atoms with Gasteiger partial charge in [-0.2, -0.15) is 0 Å². The molecule has 0 radical (unpaired) electrons. The molecule has 140 valence electrons. The number of nitrogens with two attached hydrogens (primary N) is 1. The molecule has 0 amide bonds. The highest BCUT2D eigenvalue weighted by atomic mass is 35.5. The molecule has 0 bridgehead atoms. The maximum Gasteiger partial charge on any atom is 0.0818 e. The number of halogens is 4. The van der Waals surface area contributed by atoms with Crippen LogP contribution in [-0.2, 0) is 12.8 Å². The molecule has 0 fully saturated rings. The third-order valence-electron chi connectivity index (χ3n) is 3.75. The van der Waals surface area contributed by atoms with Crippen LogP contribution >= 0.6 is 48.0 Å². The second kappa shape index (κ2) is 12.8. The summed E-state index contributed by atoms with van der Waals surface area (Å²) < 4.78 is 0. The van der Waals surface area contributed by atoms with Gasteiger partial charge in [-0.1, -0.05) is 59.6 Å². The van der Waals surface area contributed by atoms with Crippen molar-refractivity contribution in [3.8, 4) is 0 Å². The van der Waals surface area contributed by atoms with Crippen molar-refractivity contribution in [1.82, 2.24) is 5.32 Å². The molecule has 0 spiro atoms. The average molecular weight is 426 g/mol. The lowest BCUT2D eigenvalue weighted by atomic mass is 10.0. The Balaban J connectivity index is 0.00000288. The standard InChI is InChI=1S/C18H22Cl2N2O.2ClH/c19-15-7-6-14(16(20)11-15)8-9-22-12-18(23)17(21)10-13-4-2-1-3-5-13;;/h1-7,11,17-18,22-23H,8-10,12,21H2;2*1H/t17-,18+;;/m0../s1. The quantitative estimate of drug-likeness (QED) is 0.562. The van der Waals surface area contributed by atoms with Crippen LogP contribution in [0.3, 0.4) is 0 Å². The number of aliphatic hydroxyl groups excluding tert-OH is 1. The number of aliphatic hydroxyl groups is 1. The van der Waals surface area contributed by atoms with Gasteiger partial charge in [-0.25, -0.2) is 0 Å². The van der Waals surface area contributed by atoms with Crippen LogP contribution in [0.2, 0.25) is 10.0 Å². The van der Waals surface area contributed by atoms with Crippen molar-refractivity contribution < 1.29 is 5.11 Å². The lowest BCUT2D eigenvalue weighted by Gasteiger charge is -2.19. The van der Waals surface area contributed by atoms with E-state index >= 15 is 0 Å². The largest absolute Gasteiger partial charge is 0.390 e. The fourth-order valence-corrected chi connectivity index (χ4v) is 2.87. The number of benzene rings is 2. The van der Waals surface area contributed by atoms with Crippen LogP contribution in [0.5, 0.6) is 0 Å². The number of rotatable bonds is 8. The Morgan fingerprint density at radius 3 is 2.36 bits per heavy atom. The van der Waals surface area contributed by atoms with Crippen LogP contribution in [0.1, 0.15) is 11.1 Å². The van der Waals surface area contributed by atoms with Crippen molar-refractivity contribution in [3.63, 3.8) is 0 Å². The molecule has 0 unspecified atom stereocenters. The minimum Gasteiger partial charge on any atom is -0.390 e. The Kier molecular flexibility index (Phi) is 12.5. The molecule has 3 nitrogen and oxygen atoms in total. The summed E-state index contributed by atoms with van der Waals surface area (Å²) in [5, 5.41) is 14.7. The first-order valence-electron chi connectivity index (χ1n) is 7.68. The normalized spacial score (nSPS) is 12.6. The summed E-state index contributed by atoms with van der Waals surface area (Å²) in [6, 6.07) is 15.1. The molecule has 0 saturated carbocycles. The average Bonchev–Trinajstić information content (AvgIpc) is 2.54. The SMILES string of the molecule is Cl.Cl.N[C@@H](Cc1ccccc1)[C@H](O)CNCCc1ccc(Cl)cc1Cl. The molecule has 0 aromatic heterocycles. The monoisotopic (exact) mass is 424 g/mol. The Morgan fingerprint density at radius 1 is 1.04 bits per heavy atom. The van der Waals surface area contributed by atoms with Gasteiger partial charge in [-0.15, -0.1) is 24.8 Å². The lowest BCUT2D eigenvalue weighted by Crippen LogP contribution is -2.43.